The van der Waals surface area contributed by atoms with Crippen LogP contribution in [-0.4, -0.2) is 44.3 Å². The first-order valence-electron chi connectivity index (χ1n) is 10.8. The second kappa shape index (κ2) is 13.8. The lowest BCUT2D eigenvalue weighted by atomic mass is 9.88. The molecule has 0 aromatic rings. The summed E-state index contributed by atoms with van der Waals surface area (Å²) in [5.74, 6) is 1.59. The Hall–Kier alpha value is -1.31. The van der Waals surface area contributed by atoms with Gasteiger partial charge in [-0.05, 0) is 43.6 Å². The number of hydrogen-bond acceptors (Lipinski definition) is 4. The minimum Gasteiger partial charge on any atom is -0.383 e. The van der Waals surface area contributed by atoms with Crippen LogP contribution in [0.15, 0.2) is 23.4 Å². The van der Waals surface area contributed by atoms with E-state index in [-0.39, 0.29) is 0 Å². The average Bonchev–Trinajstić information content (AvgIpc) is 2.65. The third-order valence-electron chi connectivity index (χ3n) is 5.32. The zero-order chi connectivity index (χ0) is 20.1. The van der Waals surface area contributed by atoms with Crippen LogP contribution in [0.5, 0.6) is 0 Å². The summed E-state index contributed by atoms with van der Waals surface area (Å²) >= 11 is 0. The van der Waals surface area contributed by atoms with Crippen LogP contribution in [0.3, 0.4) is 0 Å². The Labute approximate surface area is 167 Å². The monoisotopic (exact) mass is 375 g/mol. The first-order chi connectivity index (χ1) is 13.0. The zero-order valence-corrected chi connectivity index (χ0v) is 18.1. The number of hydrogen-bond donors (Lipinski definition) is 1. The SMILES string of the molecule is C=C(CCCC(CCC)CC(C)C)/C(NCCN1CCOCC1)=C(\C)C#N. The molecule has 1 aliphatic heterocycles. The Morgan fingerprint density at radius 1 is 1.26 bits per heavy atom. The molecule has 1 unspecified atom stereocenters. The van der Waals surface area contributed by atoms with Crippen molar-refractivity contribution in [2.24, 2.45) is 11.8 Å². The molecule has 154 valence electrons. The molecule has 27 heavy (non-hydrogen) atoms. The molecule has 1 rings (SSSR count). The van der Waals surface area contributed by atoms with Gasteiger partial charge in [0.2, 0.25) is 0 Å². The predicted molar refractivity (Wildman–Crippen MR) is 114 cm³/mol. The highest BCUT2D eigenvalue weighted by atomic mass is 16.5. The van der Waals surface area contributed by atoms with E-state index in [4.69, 9.17) is 4.74 Å². The molecule has 0 amide bonds. The fourth-order valence-corrected chi connectivity index (χ4v) is 3.93. The van der Waals surface area contributed by atoms with Crippen molar-refractivity contribution in [2.75, 3.05) is 39.4 Å². The number of rotatable bonds is 13. The van der Waals surface area contributed by atoms with E-state index in [2.05, 4.69) is 43.6 Å². The van der Waals surface area contributed by atoms with Crippen molar-refractivity contribution in [3.05, 3.63) is 23.4 Å². The molecule has 4 nitrogen and oxygen atoms in total. The van der Waals surface area contributed by atoms with E-state index in [9.17, 15) is 5.26 Å². The highest BCUT2D eigenvalue weighted by Crippen LogP contribution is 2.25. The summed E-state index contributed by atoms with van der Waals surface area (Å²) in [4.78, 5) is 2.40. The van der Waals surface area contributed by atoms with Crippen LogP contribution in [0.25, 0.3) is 0 Å². The van der Waals surface area contributed by atoms with Gasteiger partial charge in [-0.3, -0.25) is 4.90 Å². The van der Waals surface area contributed by atoms with Crippen molar-refractivity contribution in [3.8, 4) is 6.07 Å². The van der Waals surface area contributed by atoms with E-state index in [1.807, 2.05) is 6.92 Å². The van der Waals surface area contributed by atoms with Crippen LogP contribution < -0.4 is 5.32 Å². The second-order valence-corrected chi connectivity index (χ2v) is 8.27. The maximum absolute atomic E-state index is 9.37. The molecule has 1 heterocycles. The lowest BCUT2D eigenvalue weighted by molar-refractivity contribution is 0.0387. The topological polar surface area (TPSA) is 48.3 Å². The van der Waals surface area contributed by atoms with Crippen molar-refractivity contribution < 1.29 is 4.74 Å². The van der Waals surface area contributed by atoms with E-state index in [0.717, 1.165) is 80.9 Å². The minimum absolute atomic E-state index is 0.745. The molecule has 1 saturated heterocycles. The molecule has 0 spiro atoms. The summed E-state index contributed by atoms with van der Waals surface area (Å²) in [5.41, 5.74) is 2.78. The fourth-order valence-electron chi connectivity index (χ4n) is 3.93. The number of morpholine rings is 1. The molecule has 0 aromatic heterocycles. The predicted octanol–water partition coefficient (Wildman–Crippen LogP) is 4.89. The first kappa shape index (κ1) is 23.7. The molecule has 4 heteroatoms. The Morgan fingerprint density at radius 3 is 2.56 bits per heavy atom. The van der Waals surface area contributed by atoms with Gasteiger partial charge < -0.3 is 10.1 Å². The lowest BCUT2D eigenvalue weighted by Gasteiger charge is -2.27. The smallest absolute Gasteiger partial charge is 0.0965 e. The number of nitrogens with zero attached hydrogens (tertiary/aromatic N) is 2. The van der Waals surface area contributed by atoms with Gasteiger partial charge in [0.1, 0.15) is 0 Å². The Bertz CT molecular complexity index is 498. The van der Waals surface area contributed by atoms with Gasteiger partial charge in [-0.1, -0.05) is 46.6 Å². The summed E-state index contributed by atoms with van der Waals surface area (Å²) < 4.78 is 5.40. The van der Waals surface area contributed by atoms with Crippen LogP contribution in [0, 0.1) is 23.2 Å². The molecule has 0 saturated carbocycles. The van der Waals surface area contributed by atoms with Gasteiger partial charge in [0.25, 0.3) is 0 Å². The number of nitriles is 1. The van der Waals surface area contributed by atoms with Crippen LogP contribution in [0.4, 0.5) is 0 Å². The summed E-state index contributed by atoms with van der Waals surface area (Å²) in [7, 11) is 0. The maximum Gasteiger partial charge on any atom is 0.0965 e. The van der Waals surface area contributed by atoms with Crippen LogP contribution in [0.2, 0.25) is 0 Å². The Kier molecular flexibility index (Phi) is 12.1. The van der Waals surface area contributed by atoms with Crippen LogP contribution in [-0.2, 0) is 4.74 Å². The summed E-state index contributed by atoms with van der Waals surface area (Å²) in [6, 6.07) is 2.30. The summed E-state index contributed by atoms with van der Waals surface area (Å²) in [6.07, 6.45) is 7.29. The van der Waals surface area contributed by atoms with Crippen molar-refractivity contribution in [1.82, 2.24) is 10.2 Å². The lowest BCUT2D eigenvalue weighted by Crippen LogP contribution is -2.40. The quantitative estimate of drug-likeness (QED) is 0.368. The van der Waals surface area contributed by atoms with E-state index in [1.165, 1.54) is 25.7 Å². The third-order valence-corrected chi connectivity index (χ3v) is 5.32. The highest BCUT2D eigenvalue weighted by Gasteiger charge is 2.13. The molecule has 0 bridgehead atoms. The Morgan fingerprint density at radius 2 is 1.96 bits per heavy atom. The normalized spacial score (nSPS) is 17.3. The molecule has 0 aromatic carbocycles. The van der Waals surface area contributed by atoms with E-state index >= 15 is 0 Å². The van der Waals surface area contributed by atoms with Gasteiger partial charge in [0.05, 0.1) is 25.0 Å². The van der Waals surface area contributed by atoms with E-state index < -0.39 is 0 Å². The van der Waals surface area contributed by atoms with Crippen LogP contribution >= 0.6 is 0 Å². The molecular weight excluding hydrogens is 334 g/mol. The average molecular weight is 376 g/mol. The maximum atomic E-state index is 9.37. The molecule has 0 aliphatic carbocycles. The van der Waals surface area contributed by atoms with Crippen molar-refractivity contribution in [3.63, 3.8) is 0 Å². The molecular formula is C23H41N3O. The Balaban J connectivity index is 2.46. The standard InChI is InChI=1S/C23H41N3O/c1-6-8-22(17-19(2)3)10-7-9-20(4)23(21(5)18-24)25-11-12-26-13-15-27-16-14-26/h19,22,25H,4,6-17H2,1-3,5H3/b23-21-. The van der Waals surface area contributed by atoms with Crippen molar-refractivity contribution >= 4 is 0 Å². The number of nitrogens with one attached hydrogen (secondary N) is 1. The molecule has 1 aliphatic rings. The van der Waals surface area contributed by atoms with Crippen LogP contribution in [0.1, 0.15) is 66.2 Å². The molecule has 1 atom stereocenters. The number of ether oxygens (including phenoxy) is 1. The van der Waals surface area contributed by atoms with Gasteiger partial charge in [-0.15, -0.1) is 0 Å². The second-order valence-electron chi connectivity index (χ2n) is 8.27. The third kappa shape index (κ3) is 9.98. The first-order valence-corrected chi connectivity index (χ1v) is 10.8. The minimum atomic E-state index is 0.745. The zero-order valence-electron chi connectivity index (χ0n) is 18.1. The molecule has 0 radical (unpaired) electrons. The van der Waals surface area contributed by atoms with E-state index in [0.29, 0.717) is 0 Å². The summed E-state index contributed by atoms with van der Waals surface area (Å²) in [5, 5.41) is 12.9. The van der Waals surface area contributed by atoms with E-state index in [1.54, 1.807) is 0 Å². The van der Waals surface area contributed by atoms with Gasteiger partial charge >= 0.3 is 0 Å². The molecule has 1 fully saturated rings. The van der Waals surface area contributed by atoms with Gasteiger partial charge in [0.15, 0.2) is 0 Å². The van der Waals surface area contributed by atoms with Gasteiger partial charge in [-0.25, -0.2) is 0 Å². The van der Waals surface area contributed by atoms with Gasteiger partial charge in [-0.2, -0.15) is 5.26 Å². The highest BCUT2D eigenvalue weighted by molar-refractivity contribution is 5.37. The number of allylic oxidation sites excluding steroid dienone is 2. The van der Waals surface area contributed by atoms with Crippen molar-refractivity contribution in [1.29, 1.82) is 5.26 Å². The van der Waals surface area contributed by atoms with Gasteiger partial charge in [0, 0.05) is 31.8 Å². The fraction of sp³-hybridized carbons (Fsp3) is 0.783. The summed E-state index contributed by atoms with van der Waals surface area (Å²) in [6.45, 7) is 18.5. The van der Waals surface area contributed by atoms with Crippen molar-refractivity contribution in [2.45, 2.75) is 66.2 Å². The molecule has 1 N–H and O–H groups in total. The largest absolute Gasteiger partial charge is 0.383 e.